The van der Waals surface area contributed by atoms with E-state index in [2.05, 4.69) is 22.9 Å². The quantitative estimate of drug-likeness (QED) is 0.539. The van der Waals surface area contributed by atoms with Gasteiger partial charge in [-0.05, 0) is 30.8 Å². The molecule has 0 N–H and O–H groups in total. The molecule has 1 nitrogen and oxygen atoms in total. The van der Waals surface area contributed by atoms with Crippen LogP contribution in [0.4, 0.5) is 0 Å². The molecular weight excluding hydrogens is 248 g/mol. The maximum atomic E-state index is 5.47. The molecule has 0 bridgehead atoms. The summed E-state index contributed by atoms with van der Waals surface area (Å²) >= 11 is 5.66. The van der Waals surface area contributed by atoms with Crippen molar-refractivity contribution in [2.75, 3.05) is 30.0 Å². The smallest absolute Gasteiger partial charge is 0.0531 e. The first kappa shape index (κ1) is 11.9. The first-order valence-corrected chi connectivity index (χ1v) is 7.32. The zero-order valence-electron chi connectivity index (χ0n) is 8.35. The van der Waals surface area contributed by atoms with Crippen LogP contribution in [0, 0.1) is 5.41 Å². The maximum absolute atomic E-state index is 5.47. The minimum Gasteiger partial charge on any atom is -0.381 e. The second-order valence-electron chi connectivity index (χ2n) is 3.74. The summed E-state index contributed by atoms with van der Waals surface area (Å²) in [6.07, 6.45) is 3.91. The van der Waals surface area contributed by atoms with Gasteiger partial charge in [0, 0.05) is 17.4 Å². The molecule has 0 amide bonds. The molecule has 1 aliphatic heterocycles. The number of thioether (sulfide) groups is 1. The highest BCUT2D eigenvalue weighted by atomic mass is 79.9. The number of alkyl halides is 1. The minimum absolute atomic E-state index is 0.467. The zero-order valence-corrected chi connectivity index (χ0v) is 10.8. The lowest BCUT2D eigenvalue weighted by Crippen LogP contribution is -2.22. The summed E-state index contributed by atoms with van der Waals surface area (Å²) in [4.78, 5) is 0. The van der Waals surface area contributed by atoms with Gasteiger partial charge in [-0.2, -0.15) is 11.8 Å². The van der Waals surface area contributed by atoms with Crippen molar-refractivity contribution in [1.29, 1.82) is 0 Å². The Bertz CT molecular complexity index is 135. The van der Waals surface area contributed by atoms with Gasteiger partial charge < -0.3 is 4.74 Å². The molecule has 78 valence electrons. The van der Waals surface area contributed by atoms with Crippen molar-refractivity contribution < 1.29 is 4.74 Å². The Kier molecular flexibility index (Phi) is 5.75. The van der Waals surface area contributed by atoms with Gasteiger partial charge in [-0.15, -0.1) is 0 Å². The molecule has 1 saturated heterocycles. The number of ether oxygens (including phenoxy) is 1. The van der Waals surface area contributed by atoms with Crippen LogP contribution in [-0.4, -0.2) is 30.0 Å². The van der Waals surface area contributed by atoms with Crippen LogP contribution >= 0.6 is 27.7 Å². The molecule has 0 saturated carbocycles. The molecule has 0 aliphatic carbocycles. The monoisotopic (exact) mass is 266 g/mol. The Morgan fingerprint density at radius 1 is 1.54 bits per heavy atom. The highest BCUT2D eigenvalue weighted by Crippen LogP contribution is 2.35. The van der Waals surface area contributed by atoms with Crippen LogP contribution in [0.3, 0.4) is 0 Å². The van der Waals surface area contributed by atoms with E-state index >= 15 is 0 Å². The summed E-state index contributed by atoms with van der Waals surface area (Å²) < 4.78 is 5.47. The van der Waals surface area contributed by atoms with Crippen molar-refractivity contribution in [1.82, 2.24) is 0 Å². The van der Waals surface area contributed by atoms with E-state index in [1.54, 1.807) is 0 Å². The lowest BCUT2D eigenvalue weighted by molar-refractivity contribution is 0.157. The van der Waals surface area contributed by atoms with Gasteiger partial charge in [0.1, 0.15) is 0 Å². The molecule has 0 aromatic rings. The molecule has 3 heteroatoms. The molecule has 0 aromatic heterocycles. The highest BCUT2D eigenvalue weighted by molar-refractivity contribution is 9.09. The first-order valence-electron chi connectivity index (χ1n) is 5.04. The molecule has 13 heavy (non-hydrogen) atoms. The molecule has 1 heterocycles. The average Bonchev–Trinajstić information content (AvgIpc) is 2.62. The van der Waals surface area contributed by atoms with Gasteiger partial charge in [0.25, 0.3) is 0 Å². The van der Waals surface area contributed by atoms with Gasteiger partial charge >= 0.3 is 0 Å². The minimum atomic E-state index is 0.467. The predicted molar refractivity (Wildman–Crippen MR) is 63.9 cm³/mol. The van der Waals surface area contributed by atoms with Crippen molar-refractivity contribution in [2.45, 2.75) is 26.2 Å². The summed E-state index contributed by atoms with van der Waals surface area (Å²) in [5.74, 6) is 2.56. The van der Waals surface area contributed by atoms with E-state index in [0.717, 1.165) is 18.5 Å². The fraction of sp³-hybridized carbons (Fsp3) is 1.00. The van der Waals surface area contributed by atoms with Crippen LogP contribution in [0.2, 0.25) is 0 Å². The standard InChI is InChI=1S/C10H19BrOS/c1-2-13-7-3-4-10(8-11)5-6-12-9-10/h2-9H2,1H3. The average molecular weight is 267 g/mol. The molecule has 1 aliphatic rings. The topological polar surface area (TPSA) is 9.23 Å². The summed E-state index contributed by atoms with van der Waals surface area (Å²) in [5, 5.41) is 1.11. The van der Waals surface area contributed by atoms with Crippen molar-refractivity contribution in [2.24, 2.45) is 5.41 Å². The Hall–Kier alpha value is 0.790. The summed E-state index contributed by atoms with van der Waals surface area (Å²) in [5.41, 5.74) is 0.467. The first-order chi connectivity index (χ1) is 6.33. The van der Waals surface area contributed by atoms with E-state index in [1.165, 1.54) is 30.8 Å². The Balaban J connectivity index is 2.16. The third-order valence-electron chi connectivity index (χ3n) is 2.67. The molecular formula is C10H19BrOS. The second kappa shape index (κ2) is 6.31. The van der Waals surface area contributed by atoms with E-state index in [9.17, 15) is 0 Å². The number of halogens is 1. The van der Waals surface area contributed by atoms with Crippen LogP contribution in [-0.2, 0) is 4.74 Å². The lowest BCUT2D eigenvalue weighted by atomic mass is 9.85. The molecule has 1 unspecified atom stereocenters. The Labute approximate surface area is 94.1 Å². The predicted octanol–water partition coefficient (Wildman–Crippen LogP) is 3.32. The third kappa shape index (κ3) is 3.80. The fourth-order valence-corrected chi connectivity index (χ4v) is 3.07. The molecule has 1 rings (SSSR count). The zero-order chi connectivity index (χ0) is 9.57. The van der Waals surface area contributed by atoms with Crippen molar-refractivity contribution in [3.63, 3.8) is 0 Å². The van der Waals surface area contributed by atoms with Gasteiger partial charge in [0.05, 0.1) is 6.61 Å². The normalized spacial score (nSPS) is 28.2. The summed E-state index contributed by atoms with van der Waals surface area (Å²) in [6.45, 7) is 4.16. The van der Waals surface area contributed by atoms with Crippen LogP contribution in [0.25, 0.3) is 0 Å². The number of hydrogen-bond donors (Lipinski definition) is 0. The van der Waals surface area contributed by atoms with Gasteiger partial charge in [-0.25, -0.2) is 0 Å². The van der Waals surface area contributed by atoms with Crippen molar-refractivity contribution in [3.05, 3.63) is 0 Å². The summed E-state index contributed by atoms with van der Waals surface area (Å²) in [7, 11) is 0. The Morgan fingerprint density at radius 2 is 2.38 bits per heavy atom. The van der Waals surface area contributed by atoms with E-state index in [-0.39, 0.29) is 0 Å². The molecule has 1 fully saturated rings. The van der Waals surface area contributed by atoms with Crippen LogP contribution in [0.5, 0.6) is 0 Å². The third-order valence-corrected chi connectivity index (χ3v) is 4.84. The summed E-state index contributed by atoms with van der Waals surface area (Å²) in [6, 6.07) is 0. The highest BCUT2D eigenvalue weighted by Gasteiger charge is 2.32. The van der Waals surface area contributed by atoms with E-state index in [0.29, 0.717) is 5.41 Å². The van der Waals surface area contributed by atoms with E-state index in [4.69, 9.17) is 4.74 Å². The van der Waals surface area contributed by atoms with E-state index < -0.39 is 0 Å². The van der Waals surface area contributed by atoms with Crippen LogP contribution in [0.1, 0.15) is 26.2 Å². The van der Waals surface area contributed by atoms with Gasteiger partial charge in [0.2, 0.25) is 0 Å². The second-order valence-corrected chi connectivity index (χ2v) is 5.69. The van der Waals surface area contributed by atoms with Crippen LogP contribution < -0.4 is 0 Å². The largest absolute Gasteiger partial charge is 0.381 e. The maximum Gasteiger partial charge on any atom is 0.0531 e. The van der Waals surface area contributed by atoms with Crippen LogP contribution in [0.15, 0.2) is 0 Å². The molecule has 0 aromatic carbocycles. The number of rotatable bonds is 6. The van der Waals surface area contributed by atoms with Crippen molar-refractivity contribution >= 4 is 27.7 Å². The van der Waals surface area contributed by atoms with Crippen molar-refractivity contribution in [3.8, 4) is 0 Å². The number of hydrogen-bond acceptors (Lipinski definition) is 2. The van der Waals surface area contributed by atoms with E-state index in [1.807, 2.05) is 11.8 Å². The SMILES string of the molecule is CCSCCCC1(CBr)CCOC1. The fourth-order valence-electron chi connectivity index (χ4n) is 1.71. The van der Waals surface area contributed by atoms with Gasteiger partial charge in [0.15, 0.2) is 0 Å². The lowest BCUT2D eigenvalue weighted by Gasteiger charge is -2.24. The van der Waals surface area contributed by atoms with Gasteiger partial charge in [-0.3, -0.25) is 0 Å². The molecule has 0 spiro atoms. The van der Waals surface area contributed by atoms with Gasteiger partial charge in [-0.1, -0.05) is 22.9 Å². The molecule has 1 atom stereocenters. The molecule has 0 radical (unpaired) electrons. The Morgan fingerprint density at radius 3 is 2.92 bits per heavy atom.